The van der Waals surface area contributed by atoms with Crippen LogP contribution in [0.25, 0.3) is 0 Å². The fourth-order valence-electron chi connectivity index (χ4n) is 1.76. The lowest BCUT2D eigenvalue weighted by Gasteiger charge is -2.14. The number of para-hydroxylation sites is 2. The average Bonchev–Trinajstić information content (AvgIpc) is 2.93. The molecule has 0 radical (unpaired) electrons. The van der Waals surface area contributed by atoms with E-state index in [0.29, 0.717) is 24.6 Å². The molecule has 4 nitrogen and oxygen atoms in total. The predicted octanol–water partition coefficient (Wildman–Crippen LogP) is 4.09. The molecule has 21 heavy (non-hydrogen) atoms. The molecule has 0 unspecified atom stereocenters. The Bertz CT molecular complexity index is 607. The topological polar surface area (TPSA) is 58.6 Å². The molecule has 0 amide bonds. The summed E-state index contributed by atoms with van der Waals surface area (Å²) in [4.78, 5) is 11.8. The van der Waals surface area contributed by atoms with Crippen molar-refractivity contribution in [3.63, 3.8) is 0 Å². The highest BCUT2D eigenvalue weighted by Gasteiger charge is 2.08. The Kier molecular flexibility index (Phi) is 5.22. The fraction of sp³-hybridized carbons (Fsp3) is 0.312. The quantitative estimate of drug-likeness (QED) is 0.809. The minimum absolute atomic E-state index is 0.334. The number of carbonyl (C=O) groups is 1. The Labute approximate surface area is 128 Å². The Morgan fingerprint density at radius 2 is 2.14 bits per heavy atom. The van der Waals surface area contributed by atoms with Crippen LogP contribution in [0.5, 0.6) is 5.75 Å². The van der Waals surface area contributed by atoms with E-state index in [2.05, 4.69) is 19.2 Å². The van der Waals surface area contributed by atoms with E-state index in [9.17, 15) is 4.79 Å². The van der Waals surface area contributed by atoms with Crippen LogP contribution in [0.2, 0.25) is 0 Å². The lowest BCUT2D eigenvalue weighted by molar-refractivity contribution is 0.0697. The third kappa shape index (κ3) is 4.49. The molecule has 0 atom stereocenters. The van der Waals surface area contributed by atoms with Gasteiger partial charge in [0.15, 0.2) is 0 Å². The van der Waals surface area contributed by atoms with Gasteiger partial charge >= 0.3 is 5.97 Å². The number of aromatic carboxylic acids is 1. The van der Waals surface area contributed by atoms with Gasteiger partial charge in [-0.15, -0.1) is 11.3 Å². The zero-order valence-corrected chi connectivity index (χ0v) is 12.9. The van der Waals surface area contributed by atoms with Crippen molar-refractivity contribution in [1.82, 2.24) is 0 Å². The zero-order chi connectivity index (χ0) is 15.2. The second-order valence-corrected chi connectivity index (χ2v) is 6.16. The monoisotopic (exact) mass is 305 g/mol. The smallest absolute Gasteiger partial charge is 0.336 e. The van der Waals surface area contributed by atoms with Gasteiger partial charge in [-0.25, -0.2) is 4.79 Å². The van der Waals surface area contributed by atoms with Crippen LogP contribution in [0.4, 0.5) is 5.69 Å². The molecule has 0 bridgehead atoms. The van der Waals surface area contributed by atoms with Gasteiger partial charge in [0.25, 0.3) is 0 Å². The summed E-state index contributed by atoms with van der Waals surface area (Å²) in [6, 6.07) is 9.47. The first kappa shape index (κ1) is 15.4. The van der Waals surface area contributed by atoms with Gasteiger partial charge in [0.1, 0.15) is 5.75 Å². The largest absolute Gasteiger partial charge is 0.491 e. The first-order valence-electron chi connectivity index (χ1n) is 6.82. The lowest BCUT2D eigenvalue weighted by Crippen LogP contribution is -2.07. The summed E-state index contributed by atoms with van der Waals surface area (Å²) in [6.45, 7) is 5.46. The van der Waals surface area contributed by atoms with Gasteiger partial charge < -0.3 is 15.2 Å². The van der Waals surface area contributed by atoms with Crippen molar-refractivity contribution in [3.05, 3.63) is 46.2 Å². The Hall–Kier alpha value is -2.01. The normalized spacial score (nSPS) is 10.6. The van der Waals surface area contributed by atoms with Gasteiger partial charge in [-0.05, 0) is 24.1 Å². The highest BCUT2D eigenvalue weighted by atomic mass is 32.1. The van der Waals surface area contributed by atoms with Crippen LogP contribution >= 0.6 is 11.3 Å². The Balaban J connectivity index is 2.00. The molecule has 0 saturated heterocycles. The number of hydrogen-bond acceptors (Lipinski definition) is 4. The molecule has 0 aliphatic heterocycles. The summed E-state index contributed by atoms with van der Waals surface area (Å²) in [6.07, 6.45) is 0. The van der Waals surface area contributed by atoms with Gasteiger partial charge in [0, 0.05) is 16.8 Å². The van der Waals surface area contributed by atoms with Crippen molar-refractivity contribution < 1.29 is 14.6 Å². The number of ether oxygens (including phenoxy) is 1. The minimum atomic E-state index is -0.891. The average molecular weight is 305 g/mol. The van der Waals surface area contributed by atoms with Gasteiger partial charge in [0.2, 0.25) is 0 Å². The molecule has 2 rings (SSSR count). The third-order valence-electron chi connectivity index (χ3n) is 2.81. The van der Waals surface area contributed by atoms with Crippen molar-refractivity contribution in [2.45, 2.75) is 20.4 Å². The summed E-state index contributed by atoms with van der Waals surface area (Å²) in [5, 5.41) is 13.9. The summed E-state index contributed by atoms with van der Waals surface area (Å²) < 4.78 is 5.78. The van der Waals surface area contributed by atoms with Gasteiger partial charge in [-0.1, -0.05) is 26.0 Å². The van der Waals surface area contributed by atoms with Crippen molar-refractivity contribution in [2.24, 2.45) is 5.92 Å². The first-order valence-corrected chi connectivity index (χ1v) is 7.70. The van der Waals surface area contributed by atoms with Gasteiger partial charge in [-0.3, -0.25) is 0 Å². The van der Waals surface area contributed by atoms with Crippen molar-refractivity contribution >= 4 is 23.0 Å². The van der Waals surface area contributed by atoms with E-state index in [4.69, 9.17) is 9.84 Å². The number of thiophene rings is 1. The zero-order valence-electron chi connectivity index (χ0n) is 12.1. The SMILES string of the molecule is CC(C)COc1ccccc1NCc1cc(C(=O)O)cs1. The van der Waals surface area contributed by atoms with Gasteiger partial charge in [-0.2, -0.15) is 0 Å². The number of carboxylic acid groups (broad SMARTS) is 1. The number of carboxylic acids is 1. The molecule has 5 heteroatoms. The number of rotatable bonds is 7. The third-order valence-corrected chi connectivity index (χ3v) is 3.75. The lowest BCUT2D eigenvalue weighted by atomic mass is 10.2. The molecule has 1 aromatic heterocycles. The highest BCUT2D eigenvalue weighted by molar-refractivity contribution is 7.10. The van der Waals surface area contributed by atoms with Crippen LogP contribution in [0.1, 0.15) is 29.1 Å². The summed E-state index contributed by atoms with van der Waals surface area (Å²) in [5.74, 6) is 0.396. The number of hydrogen-bond donors (Lipinski definition) is 2. The molecule has 112 valence electrons. The molecule has 2 N–H and O–H groups in total. The van der Waals surface area contributed by atoms with E-state index in [1.165, 1.54) is 11.3 Å². The second-order valence-electron chi connectivity index (χ2n) is 5.16. The van der Waals surface area contributed by atoms with E-state index in [1.807, 2.05) is 24.3 Å². The van der Waals surface area contributed by atoms with Crippen LogP contribution in [-0.4, -0.2) is 17.7 Å². The molecule has 0 fully saturated rings. The van der Waals surface area contributed by atoms with Crippen LogP contribution in [0.3, 0.4) is 0 Å². The molecule has 0 saturated carbocycles. The van der Waals surface area contributed by atoms with Crippen LogP contribution < -0.4 is 10.1 Å². The molecule has 0 aliphatic carbocycles. The van der Waals surface area contributed by atoms with Crippen molar-refractivity contribution in [1.29, 1.82) is 0 Å². The second kappa shape index (κ2) is 7.13. The molecular weight excluding hydrogens is 286 g/mol. The van der Waals surface area contributed by atoms with Crippen LogP contribution in [0, 0.1) is 5.92 Å². The minimum Gasteiger partial charge on any atom is -0.491 e. The van der Waals surface area contributed by atoms with E-state index >= 15 is 0 Å². The molecule has 1 heterocycles. The van der Waals surface area contributed by atoms with E-state index < -0.39 is 5.97 Å². The number of anilines is 1. The predicted molar refractivity (Wildman–Crippen MR) is 85.4 cm³/mol. The molecular formula is C16H19NO3S. The Morgan fingerprint density at radius 3 is 2.81 bits per heavy atom. The molecule has 0 aliphatic rings. The Morgan fingerprint density at radius 1 is 1.38 bits per heavy atom. The fourth-order valence-corrected chi connectivity index (χ4v) is 2.56. The van der Waals surface area contributed by atoms with E-state index in [-0.39, 0.29) is 0 Å². The van der Waals surface area contributed by atoms with Crippen molar-refractivity contribution in [2.75, 3.05) is 11.9 Å². The molecule has 1 aromatic carbocycles. The summed E-state index contributed by atoms with van der Waals surface area (Å²) in [7, 11) is 0. The maximum atomic E-state index is 10.9. The van der Waals surface area contributed by atoms with Gasteiger partial charge in [0.05, 0.1) is 17.9 Å². The van der Waals surface area contributed by atoms with Crippen LogP contribution in [-0.2, 0) is 6.54 Å². The maximum Gasteiger partial charge on any atom is 0.336 e. The summed E-state index contributed by atoms with van der Waals surface area (Å²) >= 11 is 1.44. The molecule has 0 spiro atoms. The first-order chi connectivity index (χ1) is 10.1. The maximum absolute atomic E-state index is 10.9. The van der Waals surface area contributed by atoms with E-state index in [0.717, 1.165) is 16.3 Å². The highest BCUT2D eigenvalue weighted by Crippen LogP contribution is 2.25. The van der Waals surface area contributed by atoms with Crippen LogP contribution in [0.15, 0.2) is 35.7 Å². The standard InChI is InChI=1S/C16H19NO3S/c1-11(2)9-20-15-6-4-3-5-14(15)17-8-13-7-12(10-21-13)16(18)19/h3-7,10-11,17H,8-9H2,1-2H3,(H,18,19). The van der Waals surface area contributed by atoms with E-state index in [1.54, 1.807) is 11.4 Å². The summed E-state index contributed by atoms with van der Waals surface area (Å²) in [5.41, 5.74) is 1.25. The van der Waals surface area contributed by atoms with Crippen molar-refractivity contribution in [3.8, 4) is 5.75 Å². The number of nitrogens with one attached hydrogen (secondary N) is 1. The molecule has 2 aromatic rings. The number of benzene rings is 1.